The highest BCUT2D eigenvalue weighted by atomic mass is 31.2. The first-order chi connectivity index (χ1) is 53.9. The van der Waals surface area contributed by atoms with E-state index in [0.717, 1.165) is 102 Å². The summed E-state index contributed by atoms with van der Waals surface area (Å²) in [5.41, 5.74) is 0. The maximum atomic E-state index is 13.2. The highest BCUT2D eigenvalue weighted by Gasteiger charge is 2.31. The maximum absolute atomic E-state index is 13.2. The lowest BCUT2D eigenvalue weighted by atomic mass is 10.0. The largest absolute Gasteiger partial charge is 0.472 e. The van der Waals surface area contributed by atoms with Crippen LogP contribution in [-0.2, 0) is 65.4 Å². The summed E-state index contributed by atoms with van der Waals surface area (Å²) in [5, 5.41) is 10.7. The van der Waals surface area contributed by atoms with E-state index in [1.165, 1.54) is 315 Å². The number of carbonyl (C=O) groups excluding carboxylic acids is 4. The van der Waals surface area contributed by atoms with Crippen molar-refractivity contribution in [2.24, 2.45) is 11.8 Å². The number of rotatable bonds is 91. The van der Waals surface area contributed by atoms with Crippen molar-refractivity contribution >= 4 is 39.5 Å². The van der Waals surface area contributed by atoms with Gasteiger partial charge in [-0.3, -0.25) is 37.3 Å². The van der Waals surface area contributed by atoms with Gasteiger partial charge in [0.1, 0.15) is 19.3 Å². The van der Waals surface area contributed by atoms with Crippen molar-refractivity contribution in [1.82, 2.24) is 0 Å². The zero-order valence-electron chi connectivity index (χ0n) is 73.3. The summed E-state index contributed by atoms with van der Waals surface area (Å²) in [4.78, 5) is 73.5. The van der Waals surface area contributed by atoms with Gasteiger partial charge in [-0.2, -0.15) is 0 Å². The number of esters is 4. The smallest absolute Gasteiger partial charge is 0.462 e. The molecule has 0 bridgehead atoms. The average molecular weight is 1620 g/mol. The van der Waals surface area contributed by atoms with Crippen LogP contribution in [-0.4, -0.2) is 96.7 Å². The van der Waals surface area contributed by atoms with Crippen LogP contribution in [0.3, 0.4) is 0 Å². The van der Waals surface area contributed by atoms with Crippen LogP contribution in [0.15, 0.2) is 0 Å². The Morgan fingerprint density at radius 2 is 0.414 bits per heavy atom. The first-order valence-electron chi connectivity index (χ1n) is 47.5. The molecule has 0 aliphatic rings. The van der Waals surface area contributed by atoms with Gasteiger partial charge in [0.15, 0.2) is 12.2 Å². The number of aliphatic hydroxyl groups excluding tert-OH is 1. The lowest BCUT2D eigenvalue weighted by Gasteiger charge is -2.21. The van der Waals surface area contributed by atoms with Crippen LogP contribution < -0.4 is 0 Å². The van der Waals surface area contributed by atoms with Crippen molar-refractivity contribution in [2.45, 2.75) is 516 Å². The molecule has 2 unspecified atom stereocenters. The number of carbonyl (C=O) groups is 4. The number of hydrogen-bond donors (Lipinski definition) is 3. The van der Waals surface area contributed by atoms with Crippen LogP contribution in [0.5, 0.6) is 0 Å². The van der Waals surface area contributed by atoms with Crippen molar-refractivity contribution in [3.05, 3.63) is 0 Å². The predicted molar refractivity (Wildman–Crippen MR) is 460 cm³/mol. The highest BCUT2D eigenvalue weighted by Crippen LogP contribution is 2.45. The van der Waals surface area contributed by atoms with Crippen molar-refractivity contribution < 1.29 is 80.2 Å². The Bertz CT molecular complexity index is 2120. The molecular weight excluding hydrogens is 1440 g/mol. The number of phosphoric acid groups is 2. The fourth-order valence-corrected chi connectivity index (χ4v) is 16.1. The fraction of sp³-hybridized carbons (Fsp3) is 0.957. The molecule has 0 aromatic heterocycles. The standard InChI is InChI=1S/C92H180O17P2/c1-7-9-11-13-15-17-19-21-22-23-24-25-29-34-39-45-51-57-63-69-75-90(95)103-81-88(109-91(96)76-70-64-58-52-46-40-35-30-27-26-28-32-37-42-48-54-60-66-72-84(3)4)83-107-111(100,101)105-79-86(93)78-104-110(98,99)106-82-87(80-102-89(94)74-68-62-56-50-44-20-18-16-14-12-10-8-2)108-92(97)77-71-65-59-53-47-41-36-31-33-38-43-49-55-61-67-73-85(5)6/h84-88,93H,7-83H2,1-6H3,(H,98,99)(H,100,101)/t86-,87+,88+/m0/s1. The van der Waals surface area contributed by atoms with E-state index in [0.29, 0.717) is 25.7 Å². The third kappa shape index (κ3) is 85.8. The van der Waals surface area contributed by atoms with Crippen molar-refractivity contribution in [2.75, 3.05) is 39.6 Å². The molecule has 0 saturated carbocycles. The third-order valence-electron chi connectivity index (χ3n) is 21.7. The number of aliphatic hydroxyl groups is 1. The molecule has 0 fully saturated rings. The predicted octanol–water partition coefficient (Wildman–Crippen LogP) is 28.6. The molecule has 0 amide bonds. The molecule has 0 heterocycles. The Morgan fingerprint density at radius 3 is 0.613 bits per heavy atom. The highest BCUT2D eigenvalue weighted by molar-refractivity contribution is 7.47. The first-order valence-corrected chi connectivity index (χ1v) is 50.5. The van der Waals surface area contributed by atoms with E-state index in [4.69, 9.17) is 37.0 Å². The minimum Gasteiger partial charge on any atom is -0.462 e. The molecule has 5 atom stereocenters. The summed E-state index contributed by atoms with van der Waals surface area (Å²) in [5.74, 6) is -0.470. The molecule has 0 aromatic rings. The van der Waals surface area contributed by atoms with Crippen molar-refractivity contribution in [3.8, 4) is 0 Å². The van der Waals surface area contributed by atoms with Crippen LogP contribution >= 0.6 is 15.6 Å². The van der Waals surface area contributed by atoms with Gasteiger partial charge in [0.2, 0.25) is 0 Å². The van der Waals surface area contributed by atoms with E-state index in [2.05, 4.69) is 41.5 Å². The zero-order valence-corrected chi connectivity index (χ0v) is 75.1. The minimum absolute atomic E-state index is 0.109. The Morgan fingerprint density at radius 1 is 0.243 bits per heavy atom. The second kappa shape index (κ2) is 83.1. The normalized spacial score (nSPS) is 13.7. The van der Waals surface area contributed by atoms with Gasteiger partial charge in [-0.15, -0.1) is 0 Å². The van der Waals surface area contributed by atoms with Gasteiger partial charge >= 0.3 is 39.5 Å². The van der Waals surface area contributed by atoms with Crippen LogP contribution in [0, 0.1) is 11.8 Å². The summed E-state index contributed by atoms with van der Waals surface area (Å²) in [6.07, 6.45) is 77.8. The topological polar surface area (TPSA) is 237 Å². The summed E-state index contributed by atoms with van der Waals surface area (Å²) in [6.45, 7) is 9.77. The van der Waals surface area contributed by atoms with Crippen molar-refractivity contribution in [1.29, 1.82) is 0 Å². The van der Waals surface area contributed by atoms with E-state index >= 15 is 0 Å². The average Bonchev–Trinajstić information content (AvgIpc) is 0.899. The molecule has 17 nitrogen and oxygen atoms in total. The van der Waals surface area contributed by atoms with E-state index in [9.17, 15) is 43.2 Å². The Labute approximate surface area is 683 Å². The van der Waals surface area contributed by atoms with E-state index < -0.39 is 97.5 Å². The molecule has 3 N–H and O–H groups in total. The van der Waals surface area contributed by atoms with E-state index in [-0.39, 0.29) is 25.7 Å². The van der Waals surface area contributed by atoms with Gasteiger partial charge in [-0.25, -0.2) is 9.13 Å². The van der Waals surface area contributed by atoms with Gasteiger partial charge < -0.3 is 33.8 Å². The summed E-state index contributed by atoms with van der Waals surface area (Å²) in [7, 11) is -9.94. The number of ether oxygens (including phenoxy) is 4. The molecule has 0 aliphatic carbocycles. The Kier molecular flexibility index (Phi) is 81.7. The SMILES string of the molecule is CCCCCCCCCCCCCCCCCCCCCCC(=O)OC[C@H](COP(=O)(O)OC[C@@H](O)COP(=O)(O)OC[C@@H](COC(=O)CCCCCCCCCCCCCC)OC(=O)CCCCCCCCCCCCCCCCCC(C)C)OC(=O)CCCCCCCCCCCCCCCCCCCCC(C)C. The van der Waals surface area contributed by atoms with E-state index in [1.807, 2.05) is 0 Å². The third-order valence-corrected chi connectivity index (χ3v) is 23.6. The number of unbranched alkanes of at least 4 members (excludes halogenated alkanes) is 61. The molecule has 0 aliphatic heterocycles. The quantitative estimate of drug-likeness (QED) is 0.0222. The molecule has 0 radical (unpaired) electrons. The lowest BCUT2D eigenvalue weighted by molar-refractivity contribution is -0.161. The van der Waals surface area contributed by atoms with Gasteiger partial charge in [-0.1, -0.05) is 446 Å². The van der Waals surface area contributed by atoms with Crippen LogP contribution in [0.4, 0.5) is 0 Å². The van der Waals surface area contributed by atoms with Gasteiger partial charge in [-0.05, 0) is 37.5 Å². The van der Waals surface area contributed by atoms with E-state index in [1.54, 1.807) is 0 Å². The molecule has 0 spiro atoms. The molecule has 19 heteroatoms. The summed E-state index contributed by atoms with van der Waals surface area (Å²) < 4.78 is 69.1. The van der Waals surface area contributed by atoms with Crippen LogP contribution in [0.2, 0.25) is 0 Å². The molecule has 111 heavy (non-hydrogen) atoms. The molecule has 660 valence electrons. The summed E-state index contributed by atoms with van der Waals surface area (Å²) in [6, 6.07) is 0. The Hall–Kier alpha value is -1.94. The molecule has 0 rings (SSSR count). The summed E-state index contributed by atoms with van der Waals surface area (Å²) >= 11 is 0. The number of hydrogen-bond acceptors (Lipinski definition) is 15. The molecular formula is C92H180O17P2. The van der Waals surface area contributed by atoms with Gasteiger partial charge in [0, 0.05) is 25.7 Å². The second-order valence-corrected chi connectivity index (χ2v) is 36.9. The van der Waals surface area contributed by atoms with Gasteiger partial charge in [0.25, 0.3) is 0 Å². The first kappa shape index (κ1) is 109. The fourth-order valence-electron chi connectivity index (χ4n) is 14.5. The monoisotopic (exact) mass is 1620 g/mol. The van der Waals surface area contributed by atoms with Crippen LogP contribution in [0.25, 0.3) is 0 Å². The number of phosphoric ester groups is 2. The van der Waals surface area contributed by atoms with Crippen LogP contribution in [0.1, 0.15) is 497 Å². The minimum atomic E-state index is -4.97. The zero-order chi connectivity index (χ0) is 81.3. The molecule has 0 saturated heterocycles. The second-order valence-electron chi connectivity index (χ2n) is 34.0. The van der Waals surface area contributed by atoms with Crippen molar-refractivity contribution in [3.63, 3.8) is 0 Å². The molecule has 0 aromatic carbocycles. The van der Waals surface area contributed by atoms with Gasteiger partial charge in [0.05, 0.1) is 26.4 Å². The maximum Gasteiger partial charge on any atom is 0.472 e. The lowest BCUT2D eigenvalue weighted by Crippen LogP contribution is -2.30. The Balaban J connectivity index is 5.24.